The predicted octanol–water partition coefficient (Wildman–Crippen LogP) is 2.98. The quantitative estimate of drug-likeness (QED) is 0.797. The molecule has 2 aromatic carbocycles. The number of urea groups is 1. The summed E-state index contributed by atoms with van der Waals surface area (Å²) in [4.78, 5) is 24.9. The number of allylic oxidation sites excluding steroid dienone is 1. The van der Waals surface area contributed by atoms with E-state index in [4.69, 9.17) is 4.74 Å². The van der Waals surface area contributed by atoms with Crippen LogP contribution >= 0.6 is 0 Å². The zero-order valence-corrected chi connectivity index (χ0v) is 14.3. The minimum absolute atomic E-state index is 0.247. The number of hydrogen-bond acceptors (Lipinski definition) is 3. The number of carbonyl (C=O) groups excluding carboxylic acids is 2. The van der Waals surface area contributed by atoms with Gasteiger partial charge in [-0.25, -0.2) is 4.79 Å². The van der Waals surface area contributed by atoms with Crippen LogP contribution in [-0.4, -0.2) is 11.9 Å². The number of benzene rings is 2. The third-order valence-corrected chi connectivity index (χ3v) is 4.62. The van der Waals surface area contributed by atoms with Crippen molar-refractivity contribution in [1.82, 2.24) is 10.6 Å². The highest BCUT2D eigenvalue weighted by atomic mass is 16.5. The van der Waals surface area contributed by atoms with Crippen LogP contribution in [-0.2, 0) is 22.7 Å². The summed E-state index contributed by atoms with van der Waals surface area (Å²) in [5.74, 6) is -0.247. The van der Waals surface area contributed by atoms with Gasteiger partial charge in [-0.1, -0.05) is 36.4 Å². The molecule has 0 bridgehead atoms. The summed E-state index contributed by atoms with van der Waals surface area (Å²) in [5, 5.41) is 8.45. The third kappa shape index (κ3) is 3.07. The summed E-state index contributed by atoms with van der Waals surface area (Å²) < 4.78 is 5.46. The van der Waals surface area contributed by atoms with Gasteiger partial charge in [-0.3, -0.25) is 4.79 Å². The molecule has 2 aliphatic rings. The maximum atomic E-state index is 12.9. The van der Waals surface area contributed by atoms with Gasteiger partial charge in [0.25, 0.3) is 5.91 Å². The zero-order chi connectivity index (χ0) is 18.1. The van der Waals surface area contributed by atoms with Gasteiger partial charge in [0.1, 0.15) is 0 Å². The summed E-state index contributed by atoms with van der Waals surface area (Å²) in [5.41, 5.74) is 4.84. The first-order chi connectivity index (χ1) is 12.6. The van der Waals surface area contributed by atoms with Crippen LogP contribution in [0.15, 0.2) is 59.8 Å². The summed E-state index contributed by atoms with van der Waals surface area (Å²) in [6, 6.07) is 14.3. The second kappa shape index (κ2) is 6.65. The summed E-state index contributed by atoms with van der Waals surface area (Å²) in [6.07, 6.45) is 0. The standard InChI is InChI=1S/C20H19N3O3/c1-12-17(19(24)22-16-5-3-2-4-6-16)18(23-20(25)21-12)13-7-8-14-10-26-11-15(14)9-13/h2-9,18H,10-11H2,1H3,(H,22,24)(H2,21,23,25). The Labute approximate surface area is 151 Å². The largest absolute Gasteiger partial charge is 0.372 e. The van der Waals surface area contributed by atoms with Gasteiger partial charge >= 0.3 is 6.03 Å². The fraction of sp³-hybridized carbons (Fsp3) is 0.200. The SMILES string of the molecule is CC1=C(C(=O)Nc2ccccc2)C(c2ccc3c(c2)COC3)NC(=O)N1. The molecule has 2 aliphatic heterocycles. The normalized spacial score (nSPS) is 18.8. The lowest BCUT2D eigenvalue weighted by atomic mass is 9.92. The van der Waals surface area contributed by atoms with E-state index in [1.165, 1.54) is 0 Å². The first-order valence-electron chi connectivity index (χ1n) is 8.46. The number of nitrogens with one attached hydrogen (secondary N) is 3. The summed E-state index contributed by atoms with van der Waals surface area (Å²) in [7, 11) is 0. The Morgan fingerprint density at radius 1 is 1.12 bits per heavy atom. The number of para-hydroxylation sites is 1. The van der Waals surface area contributed by atoms with Gasteiger partial charge in [-0.15, -0.1) is 0 Å². The highest BCUT2D eigenvalue weighted by Gasteiger charge is 2.31. The molecule has 0 fully saturated rings. The molecule has 0 aliphatic carbocycles. The van der Waals surface area contributed by atoms with E-state index in [9.17, 15) is 9.59 Å². The Kier molecular flexibility index (Phi) is 4.18. The van der Waals surface area contributed by atoms with Crippen molar-refractivity contribution in [1.29, 1.82) is 0 Å². The van der Waals surface area contributed by atoms with Crippen molar-refractivity contribution < 1.29 is 14.3 Å². The molecule has 26 heavy (non-hydrogen) atoms. The van der Waals surface area contributed by atoms with Gasteiger partial charge in [0.05, 0.1) is 24.8 Å². The first-order valence-corrected chi connectivity index (χ1v) is 8.46. The number of fused-ring (bicyclic) bond motifs is 1. The fourth-order valence-corrected chi connectivity index (χ4v) is 3.34. The lowest BCUT2D eigenvalue weighted by Crippen LogP contribution is -2.46. The van der Waals surface area contributed by atoms with Crippen LogP contribution in [0, 0.1) is 0 Å². The Bertz CT molecular complexity index is 906. The second-order valence-electron chi connectivity index (χ2n) is 6.41. The van der Waals surface area contributed by atoms with E-state index in [1.54, 1.807) is 6.92 Å². The summed E-state index contributed by atoms with van der Waals surface area (Å²) >= 11 is 0. The van der Waals surface area contributed by atoms with Crippen molar-refractivity contribution in [2.45, 2.75) is 26.2 Å². The Morgan fingerprint density at radius 2 is 1.88 bits per heavy atom. The Hall–Kier alpha value is -3.12. The monoisotopic (exact) mass is 349 g/mol. The van der Waals surface area contributed by atoms with Crippen LogP contribution in [0.25, 0.3) is 0 Å². The van der Waals surface area contributed by atoms with Crippen LogP contribution in [0.2, 0.25) is 0 Å². The minimum Gasteiger partial charge on any atom is -0.372 e. The third-order valence-electron chi connectivity index (χ3n) is 4.62. The molecule has 132 valence electrons. The van der Waals surface area contributed by atoms with E-state index in [-0.39, 0.29) is 11.9 Å². The maximum absolute atomic E-state index is 12.9. The molecule has 0 radical (unpaired) electrons. The molecule has 3 N–H and O–H groups in total. The van der Waals surface area contributed by atoms with Crippen molar-refractivity contribution >= 4 is 17.6 Å². The molecule has 3 amide bonds. The van der Waals surface area contributed by atoms with Gasteiger partial charge in [0.2, 0.25) is 0 Å². The molecule has 0 aromatic heterocycles. The van der Waals surface area contributed by atoms with Gasteiger partial charge in [0.15, 0.2) is 0 Å². The molecule has 0 saturated heterocycles. The van der Waals surface area contributed by atoms with Crippen molar-refractivity contribution in [2.24, 2.45) is 0 Å². The molecule has 2 aromatic rings. The molecule has 1 unspecified atom stereocenters. The zero-order valence-electron chi connectivity index (χ0n) is 14.3. The van der Waals surface area contributed by atoms with Gasteiger partial charge < -0.3 is 20.7 Å². The highest BCUT2D eigenvalue weighted by molar-refractivity contribution is 6.06. The molecule has 0 spiro atoms. The number of ether oxygens (including phenoxy) is 1. The van der Waals surface area contributed by atoms with Crippen LogP contribution in [0.1, 0.15) is 29.7 Å². The first kappa shape index (κ1) is 16.4. The highest BCUT2D eigenvalue weighted by Crippen LogP contribution is 2.31. The Morgan fingerprint density at radius 3 is 2.69 bits per heavy atom. The van der Waals surface area contributed by atoms with Crippen molar-refractivity contribution in [3.63, 3.8) is 0 Å². The van der Waals surface area contributed by atoms with E-state index in [0.29, 0.717) is 30.2 Å². The lowest BCUT2D eigenvalue weighted by Gasteiger charge is -2.29. The van der Waals surface area contributed by atoms with Crippen LogP contribution in [0.3, 0.4) is 0 Å². The molecule has 6 heteroatoms. The molecule has 2 heterocycles. The van der Waals surface area contributed by atoms with E-state index in [1.807, 2.05) is 48.5 Å². The minimum atomic E-state index is -0.515. The molecule has 0 saturated carbocycles. The Balaban J connectivity index is 1.68. The van der Waals surface area contributed by atoms with Crippen molar-refractivity contribution in [3.8, 4) is 0 Å². The van der Waals surface area contributed by atoms with Gasteiger partial charge in [0, 0.05) is 11.4 Å². The maximum Gasteiger partial charge on any atom is 0.319 e. The molecular weight excluding hydrogens is 330 g/mol. The number of rotatable bonds is 3. The van der Waals surface area contributed by atoms with E-state index in [0.717, 1.165) is 16.7 Å². The molecule has 1 atom stereocenters. The lowest BCUT2D eigenvalue weighted by molar-refractivity contribution is -0.113. The average molecular weight is 349 g/mol. The van der Waals surface area contributed by atoms with E-state index < -0.39 is 6.04 Å². The number of anilines is 1. The molecule has 4 rings (SSSR count). The molecule has 6 nitrogen and oxygen atoms in total. The molecular formula is C20H19N3O3. The topological polar surface area (TPSA) is 79.5 Å². The fourth-order valence-electron chi connectivity index (χ4n) is 3.34. The summed E-state index contributed by atoms with van der Waals surface area (Å²) in [6.45, 7) is 2.89. The van der Waals surface area contributed by atoms with Gasteiger partial charge in [-0.05, 0) is 35.7 Å². The van der Waals surface area contributed by atoms with Crippen LogP contribution < -0.4 is 16.0 Å². The van der Waals surface area contributed by atoms with E-state index >= 15 is 0 Å². The number of amides is 3. The van der Waals surface area contributed by atoms with Crippen molar-refractivity contribution in [2.75, 3.05) is 5.32 Å². The number of carbonyl (C=O) groups is 2. The van der Waals surface area contributed by atoms with Crippen LogP contribution in [0.4, 0.5) is 10.5 Å². The number of hydrogen-bond donors (Lipinski definition) is 3. The average Bonchev–Trinajstić information content (AvgIpc) is 3.09. The predicted molar refractivity (Wildman–Crippen MR) is 97.1 cm³/mol. The smallest absolute Gasteiger partial charge is 0.319 e. The van der Waals surface area contributed by atoms with Crippen molar-refractivity contribution in [3.05, 3.63) is 76.5 Å². The second-order valence-corrected chi connectivity index (χ2v) is 6.41. The van der Waals surface area contributed by atoms with Gasteiger partial charge in [-0.2, -0.15) is 0 Å². The van der Waals surface area contributed by atoms with Crippen LogP contribution in [0.5, 0.6) is 0 Å². The van der Waals surface area contributed by atoms with E-state index in [2.05, 4.69) is 16.0 Å².